The number of nitrogens with zero attached hydrogens (tertiary/aromatic N) is 4. The van der Waals surface area contributed by atoms with Gasteiger partial charge in [-0.05, 0) is 33.6 Å². The van der Waals surface area contributed by atoms with Gasteiger partial charge in [-0.1, -0.05) is 59.7 Å². The van der Waals surface area contributed by atoms with Crippen LogP contribution < -0.4 is 9.44 Å². The number of hydrogen-bond donors (Lipinski definition) is 2. The van der Waals surface area contributed by atoms with Crippen LogP contribution in [0.5, 0.6) is 0 Å². The first kappa shape index (κ1) is 30.7. The zero-order valence-electron chi connectivity index (χ0n) is 24.6. The predicted octanol–water partition coefficient (Wildman–Crippen LogP) is 5.25. The van der Waals surface area contributed by atoms with E-state index in [1.807, 2.05) is 47.6 Å². The molecule has 0 unspecified atom stereocenters. The van der Waals surface area contributed by atoms with E-state index in [0.29, 0.717) is 22.0 Å². The van der Waals surface area contributed by atoms with Gasteiger partial charge >= 0.3 is 0 Å². The highest BCUT2D eigenvalue weighted by molar-refractivity contribution is 7.92. The molecule has 2 aromatic heterocycles. The molecule has 0 amide bonds. The molecule has 2 N–H and O–H groups in total. The van der Waals surface area contributed by atoms with Crippen LogP contribution in [0.1, 0.15) is 70.2 Å². The largest absolute Gasteiger partial charge is 0.266 e. The van der Waals surface area contributed by atoms with Gasteiger partial charge in [-0.2, -0.15) is 10.2 Å². The van der Waals surface area contributed by atoms with Gasteiger partial charge in [0.25, 0.3) is 6.43 Å². The zero-order valence-corrected chi connectivity index (χ0v) is 26.2. The molecule has 2 heterocycles. The lowest BCUT2D eigenvalue weighted by Gasteiger charge is -2.23. The molecule has 0 radical (unpaired) electrons. The van der Waals surface area contributed by atoms with Crippen molar-refractivity contribution in [2.45, 2.75) is 65.3 Å². The van der Waals surface area contributed by atoms with Crippen molar-refractivity contribution in [2.75, 3.05) is 22.0 Å². The third-order valence-electron chi connectivity index (χ3n) is 6.67. The first-order valence-electron chi connectivity index (χ1n) is 12.8. The summed E-state index contributed by atoms with van der Waals surface area (Å²) < 4.78 is 85.1. The van der Waals surface area contributed by atoms with Crippen LogP contribution in [0.3, 0.4) is 0 Å². The van der Waals surface area contributed by atoms with E-state index in [1.165, 1.54) is 10.7 Å². The van der Waals surface area contributed by atoms with Gasteiger partial charge in [-0.15, -0.1) is 0 Å². The highest BCUT2D eigenvalue weighted by atomic mass is 32.2. The van der Waals surface area contributed by atoms with E-state index >= 15 is 0 Å². The van der Waals surface area contributed by atoms with Gasteiger partial charge in [0.05, 0.1) is 35.5 Å². The summed E-state index contributed by atoms with van der Waals surface area (Å²) in [5.74, 6) is -0.0145. The Hall–Kier alpha value is -3.26. The number of fused-ring (bicyclic) bond motifs is 2. The monoisotopic (exact) mass is 610 g/mol. The van der Waals surface area contributed by atoms with E-state index in [2.05, 4.69) is 19.6 Å². The number of hydrogen-bond acceptors (Lipinski definition) is 6. The van der Waals surface area contributed by atoms with Gasteiger partial charge < -0.3 is 0 Å². The Morgan fingerprint density at radius 2 is 1.39 bits per heavy atom. The van der Waals surface area contributed by atoms with Crippen LogP contribution in [0.4, 0.5) is 20.4 Å². The minimum absolute atomic E-state index is 0.0378. The number of halogens is 2. The van der Waals surface area contributed by atoms with Crippen molar-refractivity contribution in [1.82, 2.24) is 19.6 Å². The number of aryl methyl sites for hydroxylation is 1. The predicted molar refractivity (Wildman–Crippen MR) is 159 cm³/mol. The Balaban J connectivity index is 2.06. The Morgan fingerprint density at radius 3 is 1.90 bits per heavy atom. The third-order valence-corrected chi connectivity index (χ3v) is 7.80. The molecule has 14 heteroatoms. The van der Waals surface area contributed by atoms with Gasteiger partial charge in [-0.3, -0.25) is 18.8 Å². The summed E-state index contributed by atoms with van der Waals surface area (Å²) >= 11 is 0. The van der Waals surface area contributed by atoms with Gasteiger partial charge in [0.15, 0.2) is 11.6 Å². The topological polar surface area (TPSA) is 128 Å². The maximum absolute atomic E-state index is 14.2. The van der Waals surface area contributed by atoms with Crippen molar-refractivity contribution < 1.29 is 25.6 Å². The standard InChI is InChI=1S/C27H36F2N6O4S2/c1-26(2,3)18-11-10-16(23(28)29)20-22(18)35(31-25(20)33-41(9,38)39)14-15-12-17-21(19(13-15)27(4,5)6)34(7)30-24(17)32-40(8,36)37/h10-13,23H,14H2,1-9H3,(H,30,32)(H,31,33). The van der Waals surface area contributed by atoms with Crippen molar-refractivity contribution >= 4 is 53.5 Å². The van der Waals surface area contributed by atoms with Crippen molar-refractivity contribution in [1.29, 1.82) is 0 Å². The summed E-state index contributed by atoms with van der Waals surface area (Å²) in [5.41, 5.74) is 2.23. The molecule has 2 aromatic carbocycles. The number of alkyl halides is 2. The summed E-state index contributed by atoms with van der Waals surface area (Å²) in [6.45, 7) is 12.0. The smallest absolute Gasteiger partial charge is 0.264 e. The molecular formula is C27H36F2N6O4S2. The number of sulfonamides is 2. The normalized spacial score (nSPS) is 13.5. The quantitative estimate of drug-likeness (QED) is 0.294. The summed E-state index contributed by atoms with van der Waals surface area (Å²) in [6, 6.07) is 6.69. The number of anilines is 2. The number of aromatic nitrogens is 4. The minimum Gasteiger partial charge on any atom is -0.266 e. The second-order valence-electron chi connectivity index (χ2n) is 12.5. The van der Waals surface area contributed by atoms with Crippen LogP contribution in [0.2, 0.25) is 0 Å². The fourth-order valence-electron chi connectivity index (χ4n) is 5.06. The minimum atomic E-state index is -3.84. The lowest BCUT2D eigenvalue weighted by molar-refractivity contribution is 0.153. The molecule has 0 saturated heterocycles. The molecule has 0 saturated carbocycles. The first-order valence-corrected chi connectivity index (χ1v) is 16.6. The van der Waals surface area contributed by atoms with Crippen LogP contribution in [0, 0.1) is 0 Å². The zero-order chi connectivity index (χ0) is 30.9. The fraction of sp³-hybridized carbons (Fsp3) is 0.481. The van der Waals surface area contributed by atoms with Gasteiger partial charge in [0.1, 0.15) is 0 Å². The summed E-state index contributed by atoms with van der Waals surface area (Å²) in [5, 5.41) is 9.52. The molecule has 4 rings (SSSR count). The van der Waals surface area contributed by atoms with E-state index in [-0.39, 0.29) is 34.5 Å². The number of nitrogens with one attached hydrogen (secondary N) is 2. The molecule has 0 bridgehead atoms. The lowest BCUT2D eigenvalue weighted by Crippen LogP contribution is -2.16. The van der Waals surface area contributed by atoms with Crippen LogP contribution in [0.25, 0.3) is 21.8 Å². The Morgan fingerprint density at radius 1 is 0.829 bits per heavy atom. The molecule has 0 fully saturated rings. The summed E-state index contributed by atoms with van der Waals surface area (Å²) in [6.07, 6.45) is -0.883. The Kier molecular flexibility index (Phi) is 7.44. The maximum atomic E-state index is 14.2. The van der Waals surface area contributed by atoms with Crippen LogP contribution in [0.15, 0.2) is 24.3 Å². The Bertz CT molecular complexity index is 1880. The molecule has 0 aliphatic rings. The van der Waals surface area contributed by atoms with E-state index in [1.54, 1.807) is 23.9 Å². The van der Waals surface area contributed by atoms with Crippen molar-refractivity contribution in [3.05, 3.63) is 46.5 Å². The first-order chi connectivity index (χ1) is 18.6. The van der Waals surface area contributed by atoms with Gasteiger partial charge in [0, 0.05) is 18.0 Å². The molecule has 224 valence electrons. The number of rotatable bonds is 7. The fourth-order valence-corrected chi connectivity index (χ4v) is 6.05. The van der Waals surface area contributed by atoms with Crippen molar-refractivity contribution in [3.63, 3.8) is 0 Å². The van der Waals surface area contributed by atoms with Crippen LogP contribution >= 0.6 is 0 Å². The van der Waals surface area contributed by atoms with Crippen LogP contribution in [-0.4, -0.2) is 48.9 Å². The second kappa shape index (κ2) is 9.93. The molecule has 41 heavy (non-hydrogen) atoms. The number of benzene rings is 2. The van der Waals surface area contributed by atoms with Crippen molar-refractivity contribution in [2.24, 2.45) is 7.05 Å². The molecule has 4 aromatic rings. The van der Waals surface area contributed by atoms with Gasteiger partial charge in [-0.25, -0.2) is 25.6 Å². The molecule has 0 spiro atoms. The molecule has 0 aliphatic heterocycles. The highest BCUT2D eigenvalue weighted by Crippen LogP contribution is 2.40. The van der Waals surface area contributed by atoms with Crippen molar-refractivity contribution in [3.8, 4) is 0 Å². The van der Waals surface area contributed by atoms with Gasteiger partial charge in [0.2, 0.25) is 20.0 Å². The summed E-state index contributed by atoms with van der Waals surface area (Å²) in [4.78, 5) is 0. The second-order valence-corrected chi connectivity index (χ2v) is 16.0. The SMILES string of the molecule is Cn1nc(NS(C)(=O)=O)c2cc(Cn3nc(NS(C)(=O)=O)c4c(C(F)F)ccc(C(C)(C)C)c43)cc(C(C)(C)C)c21. The van der Waals surface area contributed by atoms with E-state index in [9.17, 15) is 25.6 Å². The van der Waals surface area contributed by atoms with E-state index in [4.69, 9.17) is 0 Å². The van der Waals surface area contributed by atoms with E-state index in [0.717, 1.165) is 23.6 Å². The molecule has 10 nitrogen and oxygen atoms in total. The molecular weight excluding hydrogens is 574 g/mol. The van der Waals surface area contributed by atoms with Crippen LogP contribution in [-0.2, 0) is 44.5 Å². The lowest BCUT2D eigenvalue weighted by atomic mass is 9.84. The third kappa shape index (κ3) is 6.32. The van der Waals surface area contributed by atoms with E-state index < -0.39 is 31.9 Å². The molecule has 0 aliphatic carbocycles. The summed E-state index contributed by atoms with van der Waals surface area (Å²) in [7, 11) is -5.74. The average Bonchev–Trinajstić information content (AvgIpc) is 3.26. The molecule has 0 atom stereocenters. The average molecular weight is 611 g/mol. The maximum Gasteiger partial charge on any atom is 0.264 e. The Labute approximate surface area is 239 Å². The highest BCUT2D eigenvalue weighted by Gasteiger charge is 2.29.